The van der Waals surface area contributed by atoms with E-state index < -0.39 is 5.66 Å². The first kappa shape index (κ1) is 17.4. The van der Waals surface area contributed by atoms with Gasteiger partial charge in [0.25, 0.3) is 5.91 Å². The van der Waals surface area contributed by atoms with Gasteiger partial charge in [-0.1, -0.05) is 48.5 Å². The molecule has 1 atom stereocenters. The predicted molar refractivity (Wildman–Crippen MR) is 107 cm³/mol. The number of fused-ring (bicyclic) bond motifs is 3. The molecule has 144 valence electrons. The minimum atomic E-state index is -1.00. The smallest absolute Gasteiger partial charge is 0.308 e. The maximum absolute atomic E-state index is 13.3. The minimum Gasteiger partial charge on any atom is -0.308 e. The molecule has 0 unspecified atom stereocenters. The molecule has 3 aromatic rings. The number of amides is 3. The van der Waals surface area contributed by atoms with Crippen LogP contribution >= 0.6 is 0 Å². The molecule has 1 fully saturated rings. The third-order valence-corrected chi connectivity index (χ3v) is 5.62. The second-order valence-electron chi connectivity index (χ2n) is 7.13. The standard InChI is InChI=1S/C23H18FN3O2/c24-17-10-12-18(13-11-17)25-22(29)27-15-14-26-21(28)19-8-4-5-9-20(19)23(26,27)16-6-2-1-3-7-16/h1-13H,14-15H2,(H,25,29)/t23-/m1/s1. The van der Waals surface area contributed by atoms with Gasteiger partial charge in [-0.05, 0) is 30.3 Å². The molecule has 6 heteroatoms. The number of hydrogen-bond donors (Lipinski definition) is 1. The van der Waals surface area contributed by atoms with Crippen LogP contribution in [0.2, 0.25) is 0 Å². The maximum Gasteiger partial charge on any atom is 0.324 e. The molecule has 0 radical (unpaired) electrons. The summed E-state index contributed by atoms with van der Waals surface area (Å²) in [6, 6.07) is 22.3. The zero-order valence-corrected chi connectivity index (χ0v) is 15.5. The van der Waals surface area contributed by atoms with E-state index in [-0.39, 0.29) is 17.8 Å². The monoisotopic (exact) mass is 387 g/mol. The normalized spacial score (nSPS) is 19.8. The number of carbonyl (C=O) groups excluding carboxylic acids is 2. The Kier molecular flexibility index (Phi) is 3.87. The van der Waals surface area contributed by atoms with Crippen LogP contribution in [0.4, 0.5) is 14.9 Å². The van der Waals surface area contributed by atoms with E-state index in [4.69, 9.17) is 0 Å². The Hall–Kier alpha value is -3.67. The van der Waals surface area contributed by atoms with Gasteiger partial charge in [0.15, 0.2) is 5.66 Å². The van der Waals surface area contributed by atoms with Gasteiger partial charge in [0.05, 0.1) is 0 Å². The zero-order valence-electron chi connectivity index (χ0n) is 15.5. The number of anilines is 1. The summed E-state index contributed by atoms with van der Waals surface area (Å²) in [7, 11) is 0. The largest absolute Gasteiger partial charge is 0.324 e. The van der Waals surface area contributed by atoms with Crippen LogP contribution in [-0.2, 0) is 5.66 Å². The number of benzene rings is 3. The third kappa shape index (κ3) is 2.45. The van der Waals surface area contributed by atoms with Gasteiger partial charge in [-0.3, -0.25) is 9.69 Å². The summed E-state index contributed by atoms with van der Waals surface area (Å²) in [5, 5.41) is 2.85. The first-order chi connectivity index (χ1) is 14.1. The second kappa shape index (κ2) is 6.44. The van der Waals surface area contributed by atoms with Crippen molar-refractivity contribution in [1.29, 1.82) is 0 Å². The minimum absolute atomic E-state index is 0.0819. The van der Waals surface area contributed by atoms with Crippen molar-refractivity contribution in [3.8, 4) is 0 Å². The molecular weight excluding hydrogens is 369 g/mol. The fourth-order valence-corrected chi connectivity index (χ4v) is 4.44. The molecule has 0 bridgehead atoms. The highest BCUT2D eigenvalue weighted by molar-refractivity contribution is 6.02. The van der Waals surface area contributed by atoms with Crippen LogP contribution in [0.25, 0.3) is 0 Å². The molecule has 2 aliphatic heterocycles. The van der Waals surface area contributed by atoms with Gasteiger partial charge in [0.1, 0.15) is 5.82 Å². The average molecular weight is 387 g/mol. The van der Waals surface area contributed by atoms with E-state index in [9.17, 15) is 14.0 Å². The average Bonchev–Trinajstić information content (AvgIpc) is 3.27. The van der Waals surface area contributed by atoms with E-state index in [1.54, 1.807) is 15.9 Å². The summed E-state index contributed by atoms with van der Waals surface area (Å²) in [6.45, 7) is 0.821. The van der Waals surface area contributed by atoms with Crippen molar-refractivity contribution in [3.05, 3.63) is 101 Å². The SMILES string of the molecule is O=C(Nc1ccc(F)cc1)N1CCN2C(=O)c3ccccc3[C@@]12c1ccccc1. The highest BCUT2D eigenvalue weighted by Gasteiger charge is 2.59. The quantitative estimate of drug-likeness (QED) is 0.722. The van der Waals surface area contributed by atoms with Gasteiger partial charge < -0.3 is 10.2 Å². The lowest BCUT2D eigenvalue weighted by molar-refractivity contribution is 0.0560. The number of urea groups is 1. The molecule has 29 heavy (non-hydrogen) atoms. The van der Waals surface area contributed by atoms with Crippen LogP contribution in [0.5, 0.6) is 0 Å². The van der Waals surface area contributed by atoms with Crippen molar-refractivity contribution in [2.45, 2.75) is 5.66 Å². The second-order valence-corrected chi connectivity index (χ2v) is 7.13. The predicted octanol–water partition coefficient (Wildman–Crippen LogP) is 4.03. The maximum atomic E-state index is 13.3. The molecule has 1 N–H and O–H groups in total. The van der Waals surface area contributed by atoms with Crippen LogP contribution in [0.15, 0.2) is 78.9 Å². The molecule has 0 saturated carbocycles. The number of halogens is 1. The summed E-state index contributed by atoms with van der Waals surface area (Å²) in [5.41, 5.74) is 1.75. The van der Waals surface area contributed by atoms with Gasteiger partial charge in [0.2, 0.25) is 0 Å². The molecule has 2 heterocycles. The van der Waals surface area contributed by atoms with Gasteiger partial charge in [-0.2, -0.15) is 0 Å². The number of hydrogen-bond acceptors (Lipinski definition) is 2. The number of rotatable bonds is 2. The van der Waals surface area contributed by atoms with Crippen molar-refractivity contribution in [2.75, 3.05) is 18.4 Å². The first-order valence-corrected chi connectivity index (χ1v) is 9.43. The summed E-state index contributed by atoms with van der Waals surface area (Å²) < 4.78 is 13.2. The Labute approximate surface area is 167 Å². The molecule has 0 aromatic heterocycles. The van der Waals surface area contributed by atoms with Crippen molar-refractivity contribution in [1.82, 2.24) is 9.80 Å². The van der Waals surface area contributed by atoms with Crippen molar-refractivity contribution in [2.24, 2.45) is 0 Å². The van der Waals surface area contributed by atoms with Crippen molar-refractivity contribution in [3.63, 3.8) is 0 Å². The lowest BCUT2D eigenvalue weighted by Gasteiger charge is -2.40. The Morgan fingerprint density at radius 2 is 1.59 bits per heavy atom. The third-order valence-electron chi connectivity index (χ3n) is 5.62. The molecule has 2 aliphatic rings. The van der Waals surface area contributed by atoms with E-state index in [1.807, 2.05) is 48.5 Å². The van der Waals surface area contributed by atoms with Crippen LogP contribution in [0.1, 0.15) is 21.5 Å². The Balaban J connectivity index is 1.64. The van der Waals surface area contributed by atoms with Crippen LogP contribution in [0.3, 0.4) is 0 Å². The molecule has 3 amide bonds. The van der Waals surface area contributed by atoms with Gasteiger partial charge in [-0.25, -0.2) is 9.18 Å². The lowest BCUT2D eigenvalue weighted by atomic mass is 9.90. The van der Waals surface area contributed by atoms with Crippen molar-refractivity contribution >= 4 is 17.6 Å². The van der Waals surface area contributed by atoms with E-state index in [0.717, 1.165) is 11.1 Å². The number of carbonyl (C=O) groups is 2. The van der Waals surface area contributed by atoms with E-state index in [1.165, 1.54) is 24.3 Å². The molecule has 5 nitrogen and oxygen atoms in total. The van der Waals surface area contributed by atoms with Gasteiger partial charge in [-0.15, -0.1) is 0 Å². The number of nitrogens with zero attached hydrogens (tertiary/aromatic N) is 2. The van der Waals surface area contributed by atoms with E-state index in [2.05, 4.69) is 5.32 Å². The fraction of sp³-hybridized carbons (Fsp3) is 0.130. The first-order valence-electron chi connectivity index (χ1n) is 9.43. The summed E-state index contributed by atoms with van der Waals surface area (Å²) in [4.78, 5) is 29.9. The molecule has 0 spiro atoms. The van der Waals surface area contributed by atoms with Crippen molar-refractivity contribution < 1.29 is 14.0 Å². The van der Waals surface area contributed by atoms with E-state index in [0.29, 0.717) is 24.3 Å². The summed E-state index contributed by atoms with van der Waals surface area (Å²) in [5.74, 6) is -0.451. The van der Waals surface area contributed by atoms with Crippen LogP contribution in [0, 0.1) is 5.82 Å². The molecule has 0 aliphatic carbocycles. The van der Waals surface area contributed by atoms with Crippen LogP contribution < -0.4 is 5.32 Å². The Morgan fingerprint density at radius 3 is 2.34 bits per heavy atom. The highest BCUT2D eigenvalue weighted by Crippen LogP contribution is 2.49. The number of nitrogens with one attached hydrogen (secondary N) is 1. The Morgan fingerprint density at radius 1 is 0.897 bits per heavy atom. The topological polar surface area (TPSA) is 52.7 Å². The Bertz CT molecular complexity index is 1100. The molecular formula is C23H18FN3O2. The van der Waals surface area contributed by atoms with Gasteiger partial charge >= 0.3 is 6.03 Å². The highest BCUT2D eigenvalue weighted by atomic mass is 19.1. The van der Waals surface area contributed by atoms with Gasteiger partial charge in [0, 0.05) is 35.5 Å². The molecule has 5 rings (SSSR count). The van der Waals surface area contributed by atoms with E-state index >= 15 is 0 Å². The molecule has 1 saturated heterocycles. The molecule has 3 aromatic carbocycles. The zero-order chi connectivity index (χ0) is 20.0. The summed E-state index contributed by atoms with van der Waals surface area (Å²) in [6.07, 6.45) is 0. The fourth-order valence-electron chi connectivity index (χ4n) is 4.44. The lowest BCUT2D eigenvalue weighted by Crippen LogP contribution is -2.52. The van der Waals surface area contributed by atoms with Crippen LogP contribution in [-0.4, -0.2) is 34.8 Å². The summed E-state index contributed by atoms with van der Waals surface area (Å²) >= 11 is 0.